The van der Waals surface area contributed by atoms with Crippen LogP contribution >= 0.6 is 31.9 Å². The predicted octanol–water partition coefficient (Wildman–Crippen LogP) is 3.88. The van der Waals surface area contributed by atoms with Gasteiger partial charge in [-0.25, -0.2) is 0 Å². The van der Waals surface area contributed by atoms with Crippen molar-refractivity contribution < 1.29 is 14.6 Å². The molecule has 1 aliphatic rings. The van der Waals surface area contributed by atoms with Gasteiger partial charge in [-0.1, -0.05) is 42.1 Å². The molecule has 0 aromatic heterocycles. The van der Waals surface area contributed by atoms with Crippen molar-refractivity contribution in [3.8, 4) is 5.75 Å². The molecule has 0 radical (unpaired) electrons. The SMILES string of the molecule is CCC(Oc1c(Br)cc(Br)cc1CN(C)C1CCCCC1)C(=O)[O-]. The molecule has 0 N–H and O–H groups in total. The second-order valence-electron chi connectivity index (χ2n) is 6.42. The third kappa shape index (κ3) is 5.20. The minimum absolute atomic E-state index is 0.364. The summed E-state index contributed by atoms with van der Waals surface area (Å²) in [7, 11) is 2.13. The number of ether oxygens (including phenoxy) is 1. The van der Waals surface area contributed by atoms with Gasteiger partial charge in [-0.05, 0) is 54.4 Å². The summed E-state index contributed by atoms with van der Waals surface area (Å²) in [5.74, 6) is -0.587. The molecule has 1 aromatic rings. The van der Waals surface area contributed by atoms with Crippen LogP contribution in [0.5, 0.6) is 5.75 Å². The fourth-order valence-corrected chi connectivity index (χ4v) is 4.63. The number of carbonyl (C=O) groups is 1. The Morgan fingerprint density at radius 1 is 1.33 bits per heavy atom. The molecule has 2 rings (SSSR count). The third-order valence-corrected chi connectivity index (χ3v) is 5.64. The lowest BCUT2D eigenvalue weighted by Gasteiger charge is -2.32. The quantitative estimate of drug-likeness (QED) is 0.618. The fourth-order valence-electron chi connectivity index (χ4n) is 3.22. The largest absolute Gasteiger partial charge is 0.546 e. The zero-order valence-electron chi connectivity index (χ0n) is 14.2. The van der Waals surface area contributed by atoms with Crippen molar-refractivity contribution in [1.82, 2.24) is 4.90 Å². The van der Waals surface area contributed by atoms with E-state index in [0.717, 1.165) is 21.1 Å². The number of hydrogen-bond donors (Lipinski definition) is 0. The molecular weight excluding hydrogens is 438 g/mol. The van der Waals surface area contributed by atoms with E-state index in [-0.39, 0.29) is 0 Å². The van der Waals surface area contributed by atoms with Crippen LogP contribution in [0.3, 0.4) is 0 Å². The summed E-state index contributed by atoms with van der Waals surface area (Å²) in [5, 5.41) is 11.2. The summed E-state index contributed by atoms with van der Waals surface area (Å²) in [5.41, 5.74) is 0.976. The van der Waals surface area contributed by atoms with Crippen molar-refractivity contribution >= 4 is 37.8 Å². The highest BCUT2D eigenvalue weighted by molar-refractivity contribution is 9.11. The first-order valence-electron chi connectivity index (χ1n) is 8.48. The van der Waals surface area contributed by atoms with E-state index in [1.807, 2.05) is 12.1 Å². The lowest BCUT2D eigenvalue weighted by Crippen LogP contribution is -2.39. The highest BCUT2D eigenvalue weighted by Crippen LogP contribution is 2.35. The molecule has 1 aliphatic carbocycles. The number of rotatable bonds is 7. The maximum Gasteiger partial charge on any atom is 0.139 e. The van der Waals surface area contributed by atoms with Crippen LogP contribution in [0.4, 0.5) is 0 Å². The molecule has 1 saturated carbocycles. The molecule has 0 aliphatic heterocycles. The van der Waals surface area contributed by atoms with Crippen molar-refractivity contribution in [3.63, 3.8) is 0 Å². The molecule has 1 atom stereocenters. The summed E-state index contributed by atoms with van der Waals surface area (Å²) in [4.78, 5) is 13.6. The fraction of sp³-hybridized carbons (Fsp3) is 0.611. The van der Waals surface area contributed by atoms with Gasteiger partial charge in [-0.15, -0.1) is 0 Å². The number of hydrogen-bond acceptors (Lipinski definition) is 4. The lowest BCUT2D eigenvalue weighted by atomic mass is 9.94. The van der Waals surface area contributed by atoms with Gasteiger partial charge in [-0.3, -0.25) is 4.90 Å². The molecule has 0 bridgehead atoms. The highest BCUT2D eigenvalue weighted by atomic mass is 79.9. The van der Waals surface area contributed by atoms with Gasteiger partial charge in [0, 0.05) is 22.6 Å². The van der Waals surface area contributed by atoms with Crippen LogP contribution in [0.25, 0.3) is 0 Å². The van der Waals surface area contributed by atoms with Crippen molar-refractivity contribution in [2.24, 2.45) is 0 Å². The molecule has 4 nitrogen and oxygen atoms in total. The number of carboxylic acid groups (broad SMARTS) is 1. The Kier molecular flexibility index (Phi) is 7.57. The van der Waals surface area contributed by atoms with Crippen molar-refractivity contribution in [3.05, 3.63) is 26.6 Å². The van der Waals surface area contributed by atoms with E-state index in [1.54, 1.807) is 6.92 Å². The molecule has 1 fully saturated rings. The van der Waals surface area contributed by atoms with Crippen LogP contribution in [-0.2, 0) is 11.3 Å². The number of aliphatic carboxylic acids is 1. The minimum atomic E-state index is -1.18. The predicted molar refractivity (Wildman–Crippen MR) is 99.9 cm³/mol. The van der Waals surface area contributed by atoms with Gasteiger partial charge in [0.05, 0.1) is 10.4 Å². The Balaban J connectivity index is 2.22. The molecule has 1 aromatic carbocycles. The monoisotopic (exact) mass is 460 g/mol. The molecule has 0 heterocycles. The zero-order chi connectivity index (χ0) is 17.7. The average Bonchev–Trinajstić information content (AvgIpc) is 2.54. The number of carbonyl (C=O) groups excluding carboxylic acids is 1. The second-order valence-corrected chi connectivity index (χ2v) is 8.19. The summed E-state index contributed by atoms with van der Waals surface area (Å²) >= 11 is 7.02. The van der Waals surface area contributed by atoms with E-state index in [4.69, 9.17) is 4.74 Å². The van der Waals surface area contributed by atoms with Gasteiger partial charge in [0.15, 0.2) is 0 Å². The van der Waals surface area contributed by atoms with Gasteiger partial charge in [0.2, 0.25) is 0 Å². The summed E-state index contributed by atoms with van der Waals surface area (Å²) < 4.78 is 7.47. The Morgan fingerprint density at radius 2 is 2.00 bits per heavy atom. The molecule has 24 heavy (non-hydrogen) atoms. The van der Waals surface area contributed by atoms with E-state index in [1.165, 1.54) is 32.1 Å². The Morgan fingerprint density at radius 3 is 2.58 bits per heavy atom. The Bertz CT molecular complexity index is 574. The lowest BCUT2D eigenvalue weighted by molar-refractivity contribution is -0.313. The minimum Gasteiger partial charge on any atom is -0.546 e. The van der Waals surface area contributed by atoms with E-state index in [9.17, 15) is 9.90 Å². The van der Waals surface area contributed by atoms with Gasteiger partial charge < -0.3 is 14.6 Å². The van der Waals surface area contributed by atoms with Crippen LogP contribution in [0.1, 0.15) is 51.0 Å². The van der Waals surface area contributed by atoms with E-state index >= 15 is 0 Å². The van der Waals surface area contributed by atoms with E-state index < -0.39 is 12.1 Å². The standard InChI is InChI=1S/C18H25Br2NO3/c1-3-16(18(22)23)24-17-12(9-13(19)10-15(17)20)11-21(2)14-7-5-4-6-8-14/h9-10,14,16H,3-8,11H2,1-2H3,(H,22,23)/p-1. The Labute approximate surface area is 160 Å². The first-order valence-corrected chi connectivity index (χ1v) is 10.1. The van der Waals surface area contributed by atoms with Gasteiger partial charge in [0.1, 0.15) is 11.9 Å². The number of carboxylic acids is 1. The molecule has 1 unspecified atom stereocenters. The maximum atomic E-state index is 11.2. The van der Waals surface area contributed by atoms with Crippen LogP contribution < -0.4 is 9.84 Å². The van der Waals surface area contributed by atoms with Crippen LogP contribution in [0.2, 0.25) is 0 Å². The van der Waals surface area contributed by atoms with E-state index in [2.05, 4.69) is 43.8 Å². The molecule has 0 saturated heterocycles. The zero-order valence-corrected chi connectivity index (χ0v) is 17.4. The van der Waals surface area contributed by atoms with Gasteiger partial charge >= 0.3 is 0 Å². The molecule has 134 valence electrons. The maximum absolute atomic E-state index is 11.2. The molecular formula is C18H24Br2NO3-. The van der Waals surface area contributed by atoms with Gasteiger partial charge in [-0.2, -0.15) is 0 Å². The summed E-state index contributed by atoms with van der Waals surface area (Å²) in [6.45, 7) is 2.50. The highest BCUT2D eigenvalue weighted by Gasteiger charge is 2.21. The summed E-state index contributed by atoms with van der Waals surface area (Å²) in [6.07, 6.45) is 5.75. The second kappa shape index (κ2) is 9.20. The molecule has 0 spiro atoms. The molecule has 6 heteroatoms. The number of nitrogens with zero attached hydrogens (tertiary/aromatic N) is 1. The smallest absolute Gasteiger partial charge is 0.139 e. The van der Waals surface area contributed by atoms with Crippen molar-refractivity contribution in [1.29, 1.82) is 0 Å². The average molecular weight is 462 g/mol. The van der Waals surface area contributed by atoms with Gasteiger partial charge in [0.25, 0.3) is 0 Å². The number of benzene rings is 1. The topological polar surface area (TPSA) is 52.6 Å². The van der Waals surface area contributed by atoms with Crippen LogP contribution in [0.15, 0.2) is 21.1 Å². The van der Waals surface area contributed by atoms with E-state index in [0.29, 0.717) is 18.2 Å². The van der Waals surface area contributed by atoms with Crippen molar-refractivity contribution in [2.75, 3.05) is 7.05 Å². The molecule has 0 amide bonds. The first kappa shape index (κ1) is 19.7. The van der Waals surface area contributed by atoms with Crippen LogP contribution in [-0.4, -0.2) is 30.1 Å². The summed E-state index contributed by atoms with van der Waals surface area (Å²) in [6, 6.07) is 4.45. The number of halogens is 2. The normalized spacial score (nSPS) is 17.0. The first-order chi connectivity index (χ1) is 11.4. The van der Waals surface area contributed by atoms with Crippen LogP contribution in [0, 0.1) is 0 Å². The Hall–Kier alpha value is -0.590. The van der Waals surface area contributed by atoms with Crippen molar-refractivity contribution in [2.45, 2.75) is 64.1 Å². The third-order valence-electron chi connectivity index (χ3n) is 4.60.